The monoisotopic (exact) mass is 548 g/mol. The van der Waals surface area contributed by atoms with Gasteiger partial charge in [-0.3, -0.25) is 9.59 Å². The van der Waals surface area contributed by atoms with Gasteiger partial charge in [-0.1, -0.05) is 83.8 Å². The Kier molecular flexibility index (Phi) is 5.99. The Morgan fingerprint density at radius 3 is 1.88 bits per heavy atom. The highest BCUT2D eigenvalue weighted by Crippen LogP contribution is 2.50. The highest BCUT2D eigenvalue weighted by atomic mass is 16.7. The van der Waals surface area contributed by atoms with Gasteiger partial charge < -0.3 is 14.5 Å². The van der Waals surface area contributed by atoms with Crippen LogP contribution in [0.3, 0.4) is 0 Å². The van der Waals surface area contributed by atoms with Crippen LogP contribution in [0.15, 0.2) is 84.4 Å². The number of amides is 3. The quantitative estimate of drug-likeness (QED) is 0.309. The molecule has 41 heavy (non-hydrogen) atoms. The zero-order valence-electron chi connectivity index (χ0n) is 22.4. The number of rotatable bonds is 5. The molecule has 0 aromatic heterocycles. The van der Waals surface area contributed by atoms with Crippen molar-refractivity contribution in [1.29, 1.82) is 0 Å². The number of ether oxygens (including phenoxy) is 1. The maximum absolute atomic E-state index is 13.4. The summed E-state index contributed by atoms with van der Waals surface area (Å²) in [5.41, 5.74) is 5.11. The van der Waals surface area contributed by atoms with Gasteiger partial charge in [-0.05, 0) is 53.6 Å². The molecule has 206 valence electrons. The standard InChI is InChI=1S/C33H28N2O6/c36-29-26-12-5-6-13-27(26)30(37)35(29)41-31(38)33(16-7-17-33)21-14-18-34(19-15-21)32(39)40-20-28-24-10-3-1-8-22(24)23-9-2-4-11-25(23)28/h1-6,8-14,28H,7,15-20H2. The molecule has 3 aromatic rings. The largest absolute Gasteiger partial charge is 0.448 e. The van der Waals surface area contributed by atoms with Gasteiger partial charge in [0.15, 0.2) is 0 Å². The van der Waals surface area contributed by atoms with Crippen molar-refractivity contribution in [1.82, 2.24) is 9.96 Å². The van der Waals surface area contributed by atoms with E-state index >= 15 is 0 Å². The lowest BCUT2D eigenvalue weighted by Gasteiger charge is -2.43. The highest BCUT2D eigenvalue weighted by Gasteiger charge is 2.51. The molecule has 2 aliphatic heterocycles. The molecule has 0 bridgehead atoms. The van der Waals surface area contributed by atoms with E-state index in [4.69, 9.17) is 9.57 Å². The van der Waals surface area contributed by atoms with Gasteiger partial charge in [0.1, 0.15) is 6.61 Å². The molecule has 0 radical (unpaired) electrons. The molecular weight excluding hydrogens is 520 g/mol. The first-order valence-corrected chi connectivity index (χ1v) is 14.0. The number of hydrogen-bond donors (Lipinski definition) is 0. The summed E-state index contributed by atoms with van der Waals surface area (Å²) in [4.78, 5) is 59.0. The maximum atomic E-state index is 13.4. The van der Waals surface area contributed by atoms with Gasteiger partial charge in [0.25, 0.3) is 11.8 Å². The van der Waals surface area contributed by atoms with E-state index in [9.17, 15) is 19.2 Å². The van der Waals surface area contributed by atoms with E-state index in [-0.39, 0.29) is 23.7 Å². The molecule has 0 unspecified atom stereocenters. The number of hydrogen-bond acceptors (Lipinski definition) is 6. The Balaban J connectivity index is 1.01. The molecule has 0 atom stereocenters. The predicted octanol–water partition coefficient (Wildman–Crippen LogP) is 5.49. The van der Waals surface area contributed by atoms with Gasteiger partial charge >= 0.3 is 12.1 Å². The van der Waals surface area contributed by atoms with Crippen molar-refractivity contribution >= 4 is 23.9 Å². The summed E-state index contributed by atoms with van der Waals surface area (Å²) >= 11 is 0. The fraction of sp³-hybridized carbons (Fsp3) is 0.273. The summed E-state index contributed by atoms with van der Waals surface area (Å²) in [6.07, 6.45) is 3.98. The second-order valence-electron chi connectivity index (χ2n) is 11.0. The number of hydroxylamine groups is 2. The van der Waals surface area contributed by atoms with Gasteiger partial charge in [-0.2, -0.15) is 0 Å². The SMILES string of the molecule is O=C(OCC1c2ccccc2-c2ccccc21)N1CC=C(C2(C(=O)ON3C(=O)c4ccccc4C3=O)CCC2)CC1. The number of carbonyl (C=O) groups excluding carboxylic acids is 4. The first-order chi connectivity index (χ1) is 20.0. The number of fused-ring (bicyclic) bond motifs is 4. The zero-order valence-corrected chi connectivity index (χ0v) is 22.4. The number of carbonyl (C=O) groups is 4. The third kappa shape index (κ3) is 3.96. The van der Waals surface area contributed by atoms with E-state index in [2.05, 4.69) is 24.3 Å². The minimum absolute atomic E-state index is 0.0163. The second kappa shape index (κ2) is 9.73. The van der Waals surface area contributed by atoms with Gasteiger partial charge in [0.2, 0.25) is 0 Å². The smallest absolute Gasteiger partial charge is 0.410 e. The molecule has 1 saturated carbocycles. The van der Waals surface area contributed by atoms with Crippen molar-refractivity contribution in [2.24, 2.45) is 5.41 Å². The molecule has 4 aliphatic rings. The summed E-state index contributed by atoms with van der Waals surface area (Å²) in [7, 11) is 0. The normalized spacial score (nSPS) is 18.7. The summed E-state index contributed by atoms with van der Waals surface area (Å²) in [5.74, 6) is -1.88. The van der Waals surface area contributed by atoms with Crippen LogP contribution in [0.4, 0.5) is 4.79 Å². The van der Waals surface area contributed by atoms with Crippen molar-refractivity contribution in [3.63, 3.8) is 0 Å². The fourth-order valence-corrected chi connectivity index (χ4v) is 6.56. The Morgan fingerprint density at radius 2 is 1.37 bits per heavy atom. The van der Waals surface area contributed by atoms with Crippen LogP contribution in [0.25, 0.3) is 11.1 Å². The van der Waals surface area contributed by atoms with E-state index in [1.54, 1.807) is 29.2 Å². The molecule has 1 fully saturated rings. The van der Waals surface area contributed by atoms with Crippen LogP contribution in [0.2, 0.25) is 0 Å². The minimum atomic E-state index is -0.886. The van der Waals surface area contributed by atoms with Crippen molar-refractivity contribution in [3.05, 3.63) is 107 Å². The van der Waals surface area contributed by atoms with E-state index in [1.165, 1.54) is 11.1 Å². The minimum Gasteiger partial charge on any atom is -0.448 e. The molecule has 2 aliphatic carbocycles. The molecule has 0 N–H and O–H groups in total. The summed E-state index contributed by atoms with van der Waals surface area (Å²) in [6.45, 7) is 0.967. The summed E-state index contributed by atoms with van der Waals surface area (Å²) in [6, 6.07) is 22.8. The molecule has 2 heterocycles. The maximum Gasteiger partial charge on any atom is 0.410 e. The molecular formula is C33H28N2O6. The Morgan fingerprint density at radius 1 is 0.805 bits per heavy atom. The van der Waals surface area contributed by atoms with Crippen LogP contribution < -0.4 is 0 Å². The first-order valence-electron chi connectivity index (χ1n) is 14.0. The van der Waals surface area contributed by atoms with Crippen LogP contribution in [0, 0.1) is 5.41 Å². The van der Waals surface area contributed by atoms with Crippen molar-refractivity contribution in [2.45, 2.75) is 31.6 Å². The van der Waals surface area contributed by atoms with E-state index in [1.807, 2.05) is 30.3 Å². The Hall–Kier alpha value is -4.72. The summed E-state index contributed by atoms with van der Waals surface area (Å²) < 4.78 is 5.82. The van der Waals surface area contributed by atoms with Gasteiger partial charge in [-0.15, -0.1) is 0 Å². The van der Waals surface area contributed by atoms with E-state index in [0.717, 1.165) is 23.1 Å². The third-order valence-corrected chi connectivity index (χ3v) is 8.95. The van der Waals surface area contributed by atoms with Crippen LogP contribution >= 0.6 is 0 Å². The fourth-order valence-electron chi connectivity index (χ4n) is 6.56. The molecule has 0 spiro atoms. The average Bonchev–Trinajstić information content (AvgIpc) is 3.43. The molecule has 8 nitrogen and oxygen atoms in total. The molecule has 3 aromatic carbocycles. The second-order valence-corrected chi connectivity index (χ2v) is 11.0. The lowest BCUT2D eigenvalue weighted by molar-refractivity contribution is -0.183. The Bertz CT molecular complexity index is 1560. The molecule has 8 heteroatoms. The van der Waals surface area contributed by atoms with E-state index in [0.29, 0.717) is 37.4 Å². The van der Waals surface area contributed by atoms with Gasteiger partial charge in [0.05, 0.1) is 16.5 Å². The average molecular weight is 549 g/mol. The van der Waals surface area contributed by atoms with Crippen molar-refractivity contribution < 1.29 is 28.8 Å². The molecule has 3 amide bonds. The van der Waals surface area contributed by atoms with Crippen LogP contribution in [-0.2, 0) is 14.4 Å². The molecule has 7 rings (SSSR count). The number of nitrogens with zero attached hydrogens (tertiary/aromatic N) is 2. The lowest BCUT2D eigenvalue weighted by atomic mass is 9.62. The first kappa shape index (κ1) is 25.3. The van der Waals surface area contributed by atoms with Crippen LogP contribution in [0.5, 0.6) is 0 Å². The highest BCUT2D eigenvalue weighted by molar-refractivity contribution is 6.21. The zero-order chi connectivity index (χ0) is 28.1. The van der Waals surface area contributed by atoms with Gasteiger partial charge in [0, 0.05) is 19.0 Å². The number of benzene rings is 3. The number of imide groups is 1. The van der Waals surface area contributed by atoms with Gasteiger partial charge in [-0.25, -0.2) is 9.59 Å². The topological polar surface area (TPSA) is 93.2 Å². The predicted molar refractivity (Wildman–Crippen MR) is 149 cm³/mol. The van der Waals surface area contributed by atoms with E-state index < -0.39 is 29.3 Å². The Labute approximate surface area is 237 Å². The van der Waals surface area contributed by atoms with Crippen LogP contribution in [0.1, 0.15) is 63.4 Å². The molecule has 0 saturated heterocycles. The van der Waals surface area contributed by atoms with Crippen LogP contribution in [-0.4, -0.2) is 53.5 Å². The summed E-state index contributed by atoms with van der Waals surface area (Å²) in [5, 5.41) is 0.583. The van der Waals surface area contributed by atoms with Crippen molar-refractivity contribution in [3.8, 4) is 11.1 Å². The van der Waals surface area contributed by atoms with Crippen molar-refractivity contribution in [2.75, 3.05) is 19.7 Å². The lowest BCUT2D eigenvalue weighted by Crippen LogP contribution is -2.47. The third-order valence-electron chi connectivity index (χ3n) is 8.95.